The van der Waals surface area contributed by atoms with Gasteiger partial charge in [-0.15, -0.1) is 8.42 Å². The van der Waals surface area contributed by atoms with E-state index in [-0.39, 0.29) is 48.9 Å². The minimum atomic E-state index is -5.18. The zero-order chi connectivity index (χ0) is 43.0. The fourth-order valence-corrected chi connectivity index (χ4v) is 5.85. The zero-order valence-corrected chi connectivity index (χ0v) is 32.7. The van der Waals surface area contributed by atoms with Crippen molar-refractivity contribution in [1.82, 2.24) is 5.32 Å². The van der Waals surface area contributed by atoms with Crippen molar-refractivity contribution in [2.24, 2.45) is 5.11 Å². The SMILES string of the molecule is COc1cc(OS(=O)(=O)Oc2cc(C(=O)NCCOCCN=[N+]=[N-])ccc2OC2O[C@H](COC(C)=O)[C@H](OC(C)=O)[C@H](OC(C)=O)[C@H]2OC(C)=O)cc(OC)c1C=O. The minimum Gasteiger partial charge on any atom is -0.496 e. The average Bonchev–Trinajstić information content (AvgIpc) is 3.15. The molecule has 1 amide bonds. The van der Waals surface area contributed by atoms with Crippen LogP contribution < -0.4 is 27.9 Å². The number of nitrogens with zero attached hydrogens (tertiary/aromatic N) is 3. The second kappa shape index (κ2) is 21.8. The molecule has 316 valence electrons. The lowest BCUT2D eigenvalue weighted by molar-refractivity contribution is -0.288. The highest BCUT2D eigenvalue weighted by atomic mass is 32.3. The summed E-state index contributed by atoms with van der Waals surface area (Å²) in [6, 6.07) is 5.32. The van der Waals surface area contributed by atoms with Crippen LogP contribution in [0.15, 0.2) is 35.4 Å². The fourth-order valence-electron chi connectivity index (χ4n) is 5.14. The molecule has 23 nitrogen and oxygen atoms in total. The van der Waals surface area contributed by atoms with Gasteiger partial charge >= 0.3 is 34.3 Å². The molecular formula is C34H40N4O19S. The van der Waals surface area contributed by atoms with Crippen LogP contribution in [0.1, 0.15) is 48.4 Å². The molecule has 5 atom stereocenters. The summed E-state index contributed by atoms with van der Waals surface area (Å²) in [6.07, 6.45) is -7.81. The van der Waals surface area contributed by atoms with E-state index in [1.807, 2.05) is 0 Å². The number of ether oxygens (including phenoxy) is 9. The molecule has 1 fully saturated rings. The highest BCUT2D eigenvalue weighted by Gasteiger charge is 2.53. The monoisotopic (exact) mass is 840 g/mol. The first-order chi connectivity index (χ1) is 27.5. The Bertz CT molecular complexity index is 1960. The minimum absolute atomic E-state index is 0.0121. The van der Waals surface area contributed by atoms with E-state index in [1.165, 1.54) is 20.3 Å². The highest BCUT2D eigenvalue weighted by molar-refractivity contribution is 7.82. The van der Waals surface area contributed by atoms with Gasteiger partial charge in [0.15, 0.2) is 35.7 Å². The Morgan fingerprint density at radius 3 is 2.02 bits per heavy atom. The van der Waals surface area contributed by atoms with Gasteiger partial charge in [-0.25, -0.2) is 0 Å². The number of aldehydes is 1. The van der Waals surface area contributed by atoms with E-state index in [1.54, 1.807) is 0 Å². The molecule has 0 radical (unpaired) electrons. The normalized spacial score (nSPS) is 18.6. The van der Waals surface area contributed by atoms with Crippen LogP contribution in [0.25, 0.3) is 10.4 Å². The molecule has 0 saturated carbocycles. The van der Waals surface area contributed by atoms with Crippen molar-refractivity contribution in [2.45, 2.75) is 58.4 Å². The van der Waals surface area contributed by atoms with E-state index >= 15 is 0 Å². The molecule has 1 saturated heterocycles. The Labute approximate surface area is 330 Å². The molecule has 24 heteroatoms. The summed E-state index contributed by atoms with van der Waals surface area (Å²) < 4.78 is 86.1. The van der Waals surface area contributed by atoms with Gasteiger partial charge in [-0.1, -0.05) is 5.11 Å². The third-order valence-corrected chi connectivity index (χ3v) is 8.13. The molecule has 0 aromatic heterocycles. The lowest BCUT2D eigenvalue weighted by Gasteiger charge is -2.43. The van der Waals surface area contributed by atoms with Crippen LogP contribution in [-0.2, 0) is 58.0 Å². The number of hydrogen-bond donors (Lipinski definition) is 1. The molecule has 2 aromatic rings. The van der Waals surface area contributed by atoms with E-state index in [4.69, 9.17) is 56.5 Å². The topological polar surface area (TPSA) is 299 Å². The van der Waals surface area contributed by atoms with Crippen LogP contribution in [-0.4, -0.2) is 122 Å². The molecular weight excluding hydrogens is 800 g/mol. The van der Waals surface area contributed by atoms with Crippen molar-refractivity contribution < 1.29 is 88.2 Å². The van der Waals surface area contributed by atoms with Crippen molar-refractivity contribution in [1.29, 1.82) is 0 Å². The molecule has 3 rings (SSSR count). The Hall–Kier alpha value is -6.36. The molecule has 2 aromatic carbocycles. The Balaban J connectivity index is 2.09. The smallest absolute Gasteiger partial charge is 0.496 e. The van der Waals surface area contributed by atoms with Gasteiger partial charge < -0.3 is 56.3 Å². The summed E-state index contributed by atoms with van der Waals surface area (Å²) in [5.41, 5.74) is 8.12. The van der Waals surface area contributed by atoms with Crippen molar-refractivity contribution in [2.75, 3.05) is 47.1 Å². The van der Waals surface area contributed by atoms with Gasteiger partial charge in [0.25, 0.3) is 5.91 Å². The largest absolute Gasteiger partial charge is 0.501 e. The fraction of sp³-hybridized carbons (Fsp3) is 0.471. The maximum absolute atomic E-state index is 13.4. The number of amides is 1. The third kappa shape index (κ3) is 13.7. The summed E-state index contributed by atoms with van der Waals surface area (Å²) in [5.74, 6) is -6.18. The van der Waals surface area contributed by atoms with Crippen LogP contribution in [0.5, 0.6) is 28.7 Å². The average molecular weight is 841 g/mol. The molecule has 1 N–H and O–H groups in total. The second-order valence-electron chi connectivity index (χ2n) is 11.6. The summed E-state index contributed by atoms with van der Waals surface area (Å²) in [4.78, 5) is 75.8. The number of methoxy groups -OCH3 is 2. The van der Waals surface area contributed by atoms with E-state index in [0.717, 1.165) is 52.0 Å². The van der Waals surface area contributed by atoms with Gasteiger partial charge in [-0.05, 0) is 23.7 Å². The summed E-state index contributed by atoms with van der Waals surface area (Å²) in [6.45, 7) is 3.63. The number of nitrogens with one attached hydrogen (secondary N) is 1. The summed E-state index contributed by atoms with van der Waals surface area (Å²) in [7, 11) is -2.76. The number of carbonyl (C=O) groups is 6. The van der Waals surface area contributed by atoms with Gasteiger partial charge in [-0.3, -0.25) is 28.8 Å². The van der Waals surface area contributed by atoms with Gasteiger partial charge in [0, 0.05) is 63.4 Å². The van der Waals surface area contributed by atoms with Crippen molar-refractivity contribution in [3.05, 3.63) is 51.9 Å². The standard InChI is InChI=1S/C34H40N4O19S/c1-18(40)50-17-29-30(51-19(2)41)31(52-20(3)42)32(53-21(4)43)34(55-29)54-25-8-7-22(33(44)36-9-11-49-12-10-37-38-35)13-28(25)57-58(45,46)56-23-14-26(47-5)24(16-39)27(15-23)48-6/h7-8,13-16,29-32,34H,9-12,17H2,1-6H3,(H,36,44)/t29-,30+,31+,32-,34?/m1/s1. The van der Waals surface area contributed by atoms with Crippen LogP contribution in [0, 0.1) is 0 Å². The Kier molecular flexibility index (Phi) is 17.3. The molecule has 0 spiro atoms. The van der Waals surface area contributed by atoms with Crippen molar-refractivity contribution in [3.8, 4) is 28.7 Å². The Morgan fingerprint density at radius 2 is 1.45 bits per heavy atom. The van der Waals surface area contributed by atoms with E-state index < -0.39 is 94.7 Å². The molecule has 0 bridgehead atoms. The van der Waals surface area contributed by atoms with E-state index in [0.29, 0.717) is 6.29 Å². The maximum Gasteiger partial charge on any atom is 0.501 e. The maximum atomic E-state index is 13.4. The number of rotatable bonds is 21. The molecule has 1 aliphatic rings. The lowest BCUT2D eigenvalue weighted by Crippen LogP contribution is -2.63. The van der Waals surface area contributed by atoms with Crippen molar-refractivity contribution >= 4 is 46.5 Å². The van der Waals surface area contributed by atoms with Gasteiger partial charge in [0.05, 0.1) is 33.0 Å². The molecule has 58 heavy (non-hydrogen) atoms. The lowest BCUT2D eigenvalue weighted by atomic mass is 9.98. The van der Waals surface area contributed by atoms with Gasteiger partial charge in [0.1, 0.15) is 24.2 Å². The van der Waals surface area contributed by atoms with E-state index in [2.05, 4.69) is 15.3 Å². The predicted octanol–water partition coefficient (Wildman–Crippen LogP) is 1.74. The van der Waals surface area contributed by atoms with Crippen LogP contribution in [0.4, 0.5) is 0 Å². The first kappa shape index (κ1) is 46.0. The summed E-state index contributed by atoms with van der Waals surface area (Å²) >= 11 is 0. The van der Waals surface area contributed by atoms with Gasteiger partial charge in [-0.2, -0.15) is 0 Å². The third-order valence-electron chi connectivity index (χ3n) is 7.35. The quantitative estimate of drug-likeness (QED) is 0.0356. The molecule has 1 aliphatic heterocycles. The number of carbonyl (C=O) groups excluding carboxylic acids is 6. The number of benzene rings is 2. The molecule has 0 aliphatic carbocycles. The van der Waals surface area contributed by atoms with Crippen molar-refractivity contribution in [3.63, 3.8) is 0 Å². The highest BCUT2D eigenvalue weighted by Crippen LogP contribution is 2.37. The first-order valence-electron chi connectivity index (χ1n) is 16.8. The predicted molar refractivity (Wildman–Crippen MR) is 191 cm³/mol. The van der Waals surface area contributed by atoms with E-state index in [9.17, 15) is 37.2 Å². The molecule has 1 unspecified atom stereocenters. The molecule has 1 heterocycles. The number of hydrogen-bond acceptors (Lipinski definition) is 20. The second-order valence-corrected chi connectivity index (χ2v) is 12.8. The number of esters is 4. The number of azide groups is 1. The van der Waals surface area contributed by atoms with Gasteiger partial charge in [0.2, 0.25) is 12.4 Å². The van der Waals surface area contributed by atoms with Crippen LogP contribution in [0.2, 0.25) is 0 Å². The zero-order valence-electron chi connectivity index (χ0n) is 31.9. The van der Waals surface area contributed by atoms with Crippen LogP contribution >= 0.6 is 0 Å². The van der Waals surface area contributed by atoms with Crippen LogP contribution in [0.3, 0.4) is 0 Å². The Morgan fingerprint density at radius 1 is 0.828 bits per heavy atom. The summed E-state index contributed by atoms with van der Waals surface area (Å²) in [5, 5.41) is 5.87. The first-order valence-corrected chi connectivity index (χ1v) is 18.2.